The van der Waals surface area contributed by atoms with E-state index in [-0.39, 0.29) is 0 Å². The summed E-state index contributed by atoms with van der Waals surface area (Å²) >= 11 is 0. The van der Waals surface area contributed by atoms with E-state index in [0.29, 0.717) is 0 Å². The summed E-state index contributed by atoms with van der Waals surface area (Å²) in [5.41, 5.74) is 1.13. The molecule has 0 fully saturated rings. The summed E-state index contributed by atoms with van der Waals surface area (Å²) < 4.78 is 10.4. The van der Waals surface area contributed by atoms with Crippen LogP contribution in [0.15, 0.2) is 36.1 Å². The van der Waals surface area contributed by atoms with Gasteiger partial charge in [0.05, 0.1) is 13.4 Å². The molecular formula is C11H14O2. The van der Waals surface area contributed by atoms with Crippen molar-refractivity contribution in [3.8, 4) is 11.5 Å². The van der Waals surface area contributed by atoms with Gasteiger partial charge in [-0.2, -0.15) is 0 Å². The first-order valence-corrected chi connectivity index (χ1v) is 4.16. The van der Waals surface area contributed by atoms with Crippen molar-refractivity contribution in [3.63, 3.8) is 0 Å². The zero-order valence-electron chi connectivity index (χ0n) is 8.20. The van der Waals surface area contributed by atoms with Gasteiger partial charge < -0.3 is 9.47 Å². The summed E-state index contributed by atoms with van der Waals surface area (Å²) in [7, 11) is 1.64. The van der Waals surface area contributed by atoms with E-state index in [9.17, 15) is 0 Å². The third-order valence-electron chi connectivity index (χ3n) is 1.47. The SMILES string of the molecule is COc1cccc(OC=C(C)C)c1. The van der Waals surface area contributed by atoms with Gasteiger partial charge in [0.1, 0.15) is 11.5 Å². The predicted molar refractivity (Wildman–Crippen MR) is 53.1 cm³/mol. The van der Waals surface area contributed by atoms with Gasteiger partial charge in [0.15, 0.2) is 0 Å². The fourth-order valence-corrected chi connectivity index (χ4v) is 0.860. The Hall–Kier alpha value is -1.44. The molecule has 0 spiro atoms. The third kappa shape index (κ3) is 3.20. The minimum Gasteiger partial charge on any atom is -0.497 e. The molecule has 2 nitrogen and oxygen atoms in total. The molecule has 0 saturated heterocycles. The average Bonchev–Trinajstić information content (AvgIpc) is 2.15. The normalized spacial score (nSPS) is 9.15. The molecular weight excluding hydrogens is 164 g/mol. The molecule has 1 aromatic carbocycles. The van der Waals surface area contributed by atoms with Gasteiger partial charge in [-0.15, -0.1) is 0 Å². The van der Waals surface area contributed by atoms with Crippen molar-refractivity contribution in [3.05, 3.63) is 36.1 Å². The fourth-order valence-electron chi connectivity index (χ4n) is 0.860. The van der Waals surface area contributed by atoms with E-state index in [1.54, 1.807) is 13.4 Å². The van der Waals surface area contributed by atoms with Crippen molar-refractivity contribution in [2.45, 2.75) is 13.8 Å². The Balaban J connectivity index is 2.72. The molecule has 0 aliphatic heterocycles. The zero-order chi connectivity index (χ0) is 9.68. The van der Waals surface area contributed by atoms with Crippen molar-refractivity contribution in [2.24, 2.45) is 0 Å². The second kappa shape index (κ2) is 4.55. The van der Waals surface area contributed by atoms with Crippen LogP contribution < -0.4 is 9.47 Å². The smallest absolute Gasteiger partial charge is 0.130 e. The number of hydrogen-bond acceptors (Lipinski definition) is 2. The van der Waals surface area contributed by atoms with Crippen molar-refractivity contribution < 1.29 is 9.47 Å². The van der Waals surface area contributed by atoms with Crippen LogP contribution >= 0.6 is 0 Å². The lowest BCUT2D eigenvalue weighted by Crippen LogP contribution is -1.86. The van der Waals surface area contributed by atoms with E-state index in [4.69, 9.17) is 9.47 Å². The van der Waals surface area contributed by atoms with Gasteiger partial charge in [0.2, 0.25) is 0 Å². The molecule has 0 atom stereocenters. The maximum Gasteiger partial charge on any atom is 0.130 e. The molecule has 1 rings (SSSR count). The highest BCUT2D eigenvalue weighted by molar-refractivity contribution is 5.33. The summed E-state index contributed by atoms with van der Waals surface area (Å²) in [5.74, 6) is 1.60. The Kier molecular flexibility index (Phi) is 3.38. The van der Waals surface area contributed by atoms with Crippen LogP contribution in [0.3, 0.4) is 0 Å². The van der Waals surface area contributed by atoms with Gasteiger partial charge in [-0.05, 0) is 31.6 Å². The molecule has 0 heterocycles. The number of benzene rings is 1. The lowest BCUT2D eigenvalue weighted by atomic mass is 10.3. The number of methoxy groups -OCH3 is 1. The molecule has 1 aromatic rings. The molecule has 0 aliphatic rings. The molecule has 0 N–H and O–H groups in total. The van der Waals surface area contributed by atoms with Crippen LogP contribution in [0, 0.1) is 0 Å². The van der Waals surface area contributed by atoms with Gasteiger partial charge in [0, 0.05) is 6.07 Å². The molecule has 0 aromatic heterocycles. The fraction of sp³-hybridized carbons (Fsp3) is 0.273. The van der Waals surface area contributed by atoms with Crippen molar-refractivity contribution in [1.29, 1.82) is 0 Å². The minimum absolute atomic E-state index is 0.792. The van der Waals surface area contributed by atoms with Crippen LogP contribution in [0.1, 0.15) is 13.8 Å². The Bertz CT molecular complexity index is 299. The summed E-state index contributed by atoms with van der Waals surface area (Å²) in [6.07, 6.45) is 1.72. The van der Waals surface area contributed by atoms with E-state index < -0.39 is 0 Å². The largest absolute Gasteiger partial charge is 0.497 e. The second-order valence-electron chi connectivity index (χ2n) is 2.99. The first kappa shape index (κ1) is 9.65. The van der Waals surface area contributed by atoms with E-state index in [1.165, 1.54) is 0 Å². The Labute approximate surface area is 78.8 Å². The van der Waals surface area contributed by atoms with Gasteiger partial charge in [-0.25, -0.2) is 0 Å². The number of rotatable bonds is 3. The van der Waals surface area contributed by atoms with Gasteiger partial charge in [-0.3, -0.25) is 0 Å². The molecule has 0 radical (unpaired) electrons. The monoisotopic (exact) mass is 178 g/mol. The molecule has 0 bridgehead atoms. The van der Waals surface area contributed by atoms with Crippen LogP contribution in [0.25, 0.3) is 0 Å². The predicted octanol–water partition coefficient (Wildman–Crippen LogP) is 3.00. The first-order valence-electron chi connectivity index (χ1n) is 4.16. The quantitative estimate of drug-likeness (QED) is 0.662. The van der Waals surface area contributed by atoms with Crippen LogP contribution in [0.4, 0.5) is 0 Å². The van der Waals surface area contributed by atoms with E-state index in [0.717, 1.165) is 17.1 Å². The van der Waals surface area contributed by atoms with Crippen molar-refractivity contribution >= 4 is 0 Å². The maximum absolute atomic E-state index is 5.37. The summed E-state index contributed by atoms with van der Waals surface area (Å²) in [5, 5.41) is 0. The lowest BCUT2D eigenvalue weighted by Gasteiger charge is -2.03. The van der Waals surface area contributed by atoms with Crippen LogP contribution in [0.5, 0.6) is 11.5 Å². The average molecular weight is 178 g/mol. The van der Waals surface area contributed by atoms with E-state index in [2.05, 4.69) is 0 Å². The lowest BCUT2D eigenvalue weighted by molar-refractivity contribution is 0.408. The van der Waals surface area contributed by atoms with Crippen LogP contribution in [-0.4, -0.2) is 7.11 Å². The number of hydrogen-bond donors (Lipinski definition) is 0. The highest BCUT2D eigenvalue weighted by atomic mass is 16.5. The molecule has 70 valence electrons. The molecule has 0 unspecified atom stereocenters. The van der Waals surface area contributed by atoms with Gasteiger partial charge in [-0.1, -0.05) is 6.07 Å². The molecule has 2 heteroatoms. The Morgan fingerprint density at radius 2 is 1.92 bits per heavy atom. The topological polar surface area (TPSA) is 18.5 Å². The van der Waals surface area contributed by atoms with Crippen molar-refractivity contribution in [2.75, 3.05) is 7.11 Å². The number of ether oxygens (including phenoxy) is 2. The molecule has 13 heavy (non-hydrogen) atoms. The highest BCUT2D eigenvalue weighted by Gasteiger charge is 1.93. The summed E-state index contributed by atoms with van der Waals surface area (Å²) in [6, 6.07) is 7.52. The molecule has 0 saturated carbocycles. The minimum atomic E-state index is 0.792. The van der Waals surface area contributed by atoms with Crippen LogP contribution in [-0.2, 0) is 0 Å². The standard InChI is InChI=1S/C11H14O2/c1-9(2)8-13-11-6-4-5-10(7-11)12-3/h4-8H,1-3H3. The molecule has 0 amide bonds. The maximum atomic E-state index is 5.37. The van der Waals surface area contributed by atoms with Gasteiger partial charge in [0.25, 0.3) is 0 Å². The zero-order valence-corrected chi connectivity index (χ0v) is 8.20. The van der Waals surface area contributed by atoms with Crippen molar-refractivity contribution in [1.82, 2.24) is 0 Å². The van der Waals surface area contributed by atoms with Gasteiger partial charge >= 0.3 is 0 Å². The molecule has 0 aliphatic carbocycles. The van der Waals surface area contributed by atoms with Crippen LogP contribution in [0.2, 0.25) is 0 Å². The first-order chi connectivity index (χ1) is 6.22. The van der Waals surface area contributed by atoms with E-state index in [1.807, 2.05) is 38.1 Å². The summed E-state index contributed by atoms with van der Waals surface area (Å²) in [6.45, 7) is 3.97. The summed E-state index contributed by atoms with van der Waals surface area (Å²) in [4.78, 5) is 0. The number of allylic oxidation sites excluding steroid dienone is 1. The third-order valence-corrected chi connectivity index (χ3v) is 1.47. The Morgan fingerprint density at radius 1 is 1.23 bits per heavy atom. The highest BCUT2D eigenvalue weighted by Crippen LogP contribution is 2.19. The van der Waals surface area contributed by atoms with E-state index >= 15 is 0 Å². The Morgan fingerprint density at radius 3 is 2.54 bits per heavy atom. The second-order valence-corrected chi connectivity index (χ2v) is 2.99.